The summed E-state index contributed by atoms with van der Waals surface area (Å²) in [4.78, 5) is 2.45. The van der Waals surface area contributed by atoms with Crippen molar-refractivity contribution in [1.82, 2.24) is 4.90 Å². The van der Waals surface area contributed by atoms with Crippen molar-refractivity contribution in [2.24, 2.45) is 5.92 Å². The summed E-state index contributed by atoms with van der Waals surface area (Å²) in [6.45, 7) is 4.83. The van der Waals surface area contributed by atoms with Gasteiger partial charge in [0, 0.05) is 6.04 Å². The molecule has 1 aliphatic rings. The minimum atomic E-state index is 0.312. The van der Waals surface area contributed by atoms with Gasteiger partial charge >= 0.3 is 0 Å². The number of hydrogen-bond donors (Lipinski definition) is 1. The normalized spacial score (nSPS) is 25.3. The molecule has 2 nitrogen and oxygen atoms in total. The first-order valence-electron chi connectivity index (χ1n) is 6.70. The molecule has 1 aliphatic heterocycles. The minimum Gasteiger partial charge on any atom is -0.395 e. The molecule has 2 atom stereocenters. The van der Waals surface area contributed by atoms with Gasteiger partial charge < -0.3 is 5.11 Å². The Morgan fingerprint density at radius 2 is 2.06 bits per heavy atom. The number of nitrogens with zero attached hydrogens (tertiary/aromatic N) is 1. The van der Waals surface area contributed by atoms with Gasteiger partial charge in [-0.25, -0.2) is 0 Å². The van der Waals surface area contributed by atoms with E-state index in [1.54, 1.807) is 0 Å². The van der Waals surface area contributed by atoms with Crippen molar-refractivity contribution < 1.29 is 5.11 Å². The third kappa shape index (κ3) is 3.30. The summed E-state index contributed by atoms with van der Waals surface area (Å²) >= 11 is 0. The fourth-order valence-electron chi connectivity index (χ4n) is 2.79. The van der Waals surface area contributed by atoms with Crippen LogP contribution in [0.4, 0.5) is 0 Å². The standard InChI is InChI=1S/C15H23NO/c1-13-9-11-16(15(13)12-17)10-5-8-14-6-3-2-4-7-14/h2-4,6-7,13,15,17H,5,8-12H2,1H3. The second-order valence-corrected chi connectivity index (χ2v) is 5.14. The molecule has 1 N–H and O–H groups in total. The minimum absolute atomic E-state index is 0.312. The molecule has 94 valence electrons. The Bertz CT molecular complexity index is 325. The van der Waals surface area contributed by atoms with E-state index in [0.29, 0.717) is 18.6 Å². The van der Waals surface area contributed by atoms with Gasteiger partial charge in [-0.2, -0.15) is 0 Å². The predicted molar refractivity (Wildman–Crippen MR) is 71.0 cm³/mol. The van der Waals surface area contributed by atoms with Crippen molar-refractivity contribution in [2.75, 3.05) is 19.7 Å². The summed E-state index contributed by atoms with van der Waals surface area (Å²) in [5, 5.41) is 9.38. The lowest BCUT2D eigenvalue weighted by Gasteiger charge is -2.24. The number of aliphatic hydroxyl groups is 1. The van der Waals surface area contributed by atoms with Crippen LogP contribution in [0.25, 0.3) is 0 Å². The number of likely N-dealkylation sites (tertiary alicyclic amines) is 1. The Morgan fingerprint density at radius 3 is 2.76 bits per heavy atom. The average molecular weight is 233 g/mol. The van der Waals surface area contributed by atoms with Crippen molar-refractivity contribution in [1.29, 1.82) is 0 Å². The van der Waals surface area contributed by atoms with Gasteiger partial charge in [-0.05, 0) is 43.8 Å². The van der Waals surface area contributed by atoms with E-state index >= 15 is 0 Å². The fraction of sp³-hybridized carbons (Fsp3) is 0.600. The van der Waals surface area contributed by atoms with Crippen molar-refractivity contribution in [2.45, 2.75) is 32.2 Å². The van der Waals surface area contributed by atoms with E-state index in [0.717, 1.165) is 19.5 Å². The third-order valence-corrected chi connectivity index (χ3v) is 3.94. The second kappa shape index (κ2) is 6.18. The van der Waals surface area contributed by atoms with Crippen LogP contribution in [0.5, 0.6) is 0 Å². The van der Waals surface area contributed by atoms with Gasteiger partial charge in [0.2, 0.25) is 0 Å². The lowest BCUT2D eigenvalue weighted by atomic mass is 10.0. The molecule has 2 unspecified atom stereocenters. The Balaban J connectivity index is 1.75. The maximum Gasteiger partial charge on any atom is 0.0589 e. The van der Waals surface area contributed by atoms with Crippen LogP contribution >= 0.6 is 0 Å². The van der Waals surface area contributed by atoms with Crippen LogP contribution in [0.2, 0.25) is 0 Å². The topological polar surface area (TPSA) is 23.5 Å². The van der Waals surface area contributed by atoms with E-state index in [1.165, 1.54) is 18.4 Å². The van der Waals surface area contributed by atoms with Gasteiger partial charge in [-0.15, -0.1) is 0 Å². The second-order valence-electron chi connectivity index (χ2n) is 5.14. The third-order valence-electron chi connectivity index (χ3n) is 3.94. The van der Waals surface area contributed by atoms with Crippen molar-refractivity contribution in [3.8, 4) is 0 Å². The van der Waals surface area contributed by atoms with Crippen LogP contribution in [-0.2, 0) is 6.42 Å². The average Bonchev–Trinajstić information content (AvgIpc) is 2.71. The summed E-state index contributed by atoms with van der Waals surface area (Å²) < 4.78 is 0. The van der Waals surface area contributed by atoms with E-state index < -0.39 is 0 Å². The van der Waals surface area contributed by atoms with Crippen molar-refractivity contribution in [3.63, 3.8) is 0 Å². The quantitative estimate of drug-likeness (QED) is 0.843. The van der Waals surface area contributed by atoms with Crippen molar-refractivity contribution in [3.05, 3.63) is 35.9 Å². The lowest BCUT2D eigenvalue weighted by Crippen LogP contribution is -2.35. The van der Waals surface area contributed by atoms with E-state index in [1.807, 2.05) is 0 Å². The van der Waals surface area contributed by atoms with Crippen LogP contribution in [-0.4, -0.2) is 35.7 Å². The SMILES string of the molecule is CC1CCN(CCCc2ccccc2)C1CO. The molecule has 2 heteroatoms. The lowest BCUT2D eigenvalue weighted by molar-refractivity contribution is 0.138. The van der Waals surface area contributed by atoms with Gasteiger partial charge in [0.15, 0.2) is 0 Å². The van der Waals surface area contributed by atoms with Crippen LogP contribution in [0.3, 0.4) is 0 Å². The first kappa shape index (κ1) is 12.6. The first-order valence-corrected chi connectivity index (χ1v) is 6.70. The van der Waals surface area contributed by atoms with Crippen LogP contribution in [0.15, 0.2) is 30.3 Å². The molecule has 0 aromatic heterocycles. The zero-order valence-corrected chi connectivity index (χ0v) is 10.7. The van der Waals surface area contributed by atoms with Gasteiger partial charge in [0.1, 0.15) is 0 Å². The summed E-state index contributed by atoms with van der Waals surface area (Å²) in [6.07, 6.45) is 3.56. The largest absolute Gasteiger partial charge is 0.395 e. The maximum atomic E-state index is 9.38. The van der Waals surface area contributed by atoms with Crippen LogP contribution in [0.1, 0.15) is 25.3 Å². The first-order chi connectivity index (χ1) is 8.31. The molecule has 1 aromatic carbocycles. The highest BCUT2D eigenvalue weighted by Crippen LogP contribution is 2.23. The summed E-state index contributed by atoms with van der Waals surface area (Å²) in [5.74, 6) is 0.650. The Morgan fingerprint density at radius 1 is 1.29 bits per heavy atom. The van der Waals surface area contributed by atoms with Crippen molar-refractivity contribution >= 4 is 0 Å². The van der Waals surface area contributed by atoms with E-state index in [9.17, 15) is 5.11 Å². The predicted octanol–water partition coefficient (Wildman–Crippen LogP) is 2.32. The summed E-state index contributed by atoms with van der Waals surface area (Å²) in [6, 6.07) is 11.0. The molecule has 0 spiro atoms. The van der Waals surface area contributed by atoms with Crippen LogP contribution in [0, 0.1) is 5.92 Å². The molecule has 2 rings (SSSR count). The van der Waals surface area contributed by atoms with Gasteiger partial charge in [-0.3, -0.25) is 4.90 Å². The van der Waals surface area contributed by atoms with Gasteiger partial charge in [-0.1, -0.05) is 37.3 Å². The highest BCUT2D eigenvalue weighted by Gasteiger charge is 2.29. The Kier molecular flexibility index (Phi) is 4.57. The number of benzene rings is 1. The van der Waals surface area contributed by atoms with Crippen LogP contribution < -0.4 is 0 Å². The zero-order valence-electron chi connectivity index (χ0n) is 10.7. The molecule has 0 aliphatic carbocycles. The maximum absolute atomic E-state index is 9.38. The molecular weight excluding hydrogens is 210 g/mol. The number of hydrogen-bond acceptors (Lipinski definition) is 2. The molecule has 0 saturated carbocycles. The zero-order chi connectivity index (χ0) is 12.1. The molecular formula is C15H23NO. The Hall–Kier alpha value is -0.860. The monoisotopic (exact) mass is 233 g/mol. The molecule has 1 heterocycles. The van der Waals surface area contributed by atoms with Gasteiger partial charge in [0.05, 0.1) is 6.61 Å². The summed E-state index contributed by atoms with van der Waals surface area (Å²) in [7, 11) is 0. The molecule has 0 amide bonds. The number of rotatable bonds is 5. The fourth-order valence-corrected chi connectivity index (χ4v) is 2.79. The van der Waals surface area contributed by atoms with E-state index in [-0.39, 0.29) is 0 Å². The number of aliphatic hydroxyl groups excluding tert-OH is 1. The molecule has 0 radical (unpaired) electrons. The molecule has 1 saturated heterocycles. The molecule has 17 heavy (non-hydrogen) atoms. The molecule has 1 fully saturated rings. The summed E-state index contributed by atoms with van der Waals surface area (Å²) in [5.41, 5.74) is 1.42. The highest BCUT2D eigenvalue weighted by atomic mass is 16.3. The smallest absolute Gasteiger partial charge is 0.0589 e. The van der Waals surface area contributed by atoms with E-state index in [2.05, 4.69) is 42.2 Å². The highest BCUT2D eigenvalue weighted by molar-refractivity contribution is 5.14. The Labute approximate surface area is 104 Å². The van der Waals surface area contributed by atoms with E-state index in [4.69, 9.17) is 0 Å². The molecule has 1 aromatic rings. The number of aryl methyl sites for hydroxylation is 1. The molecule has 0 bridgehead atoms. The van der Waals surface area contributed by atoms with Gasteiger partial charge in [0.25, 0.3) is 0 Å².